The number of rotatable bonds is 3. The molecule has 0 aliphatic rings. The molecule has 2 heterocycles. The summed E-state index contributed by atoms with van der Waals surface area (Å²) in [6, 6.07) is 3.64. The quantitative estimate of drug-likeness (QED) is 0.865. The summed E-state index contributed by atoms with van der Waals surface area (Å²) < 4.78 is 0. The first kappa shape index (κ1) is 12.3. The van der Waals surface area contributed by atoms with Crippen LogP contribution in [-0.2, 0) is 0 Å². The van der Waals surface area contributed by atoms with E-state index in [2.05, 4.69) is 20.3 Å². The van der Waals surface area contributed by atoms with Crippen molar-refractivity contribution in [1.29, 1.82) is 0 Å². The van der Waals surface area contributed by atoms with Gasteiger partial charge in [-0.2, -0.15) is 0 Å². The molecule has 18 heavy (non-hydrogen) atoms. The molecule has 2 N–H and O–H groups in total. The van der Waals surface area contributed by atoms with Crippen molar-refractivity contribution in [2.75, 3.05) is 5.32 Å². The number of hydrogen-bond acceptors (Lipinski definition) is 4. The van der Waals surface area contributed by atoms with Crippen LogP contribution in [0.3, 0.4) is 0 Å². The maximum Gasteiger partial charge on any atom is 0.256 e. The van der Waals surface area contributed by atoms with E-state index in [1.165, 1.54) is 0 Å². The number of anilines is 1. The lowest BCUT2D eigenvalue weighted by atomic mass is 10.1. The minimum absolute atomic E-state index is 0.0936. The molecule has 1 atom stereocenters. The fraction of sp³-hybridized carbons (Fsp3) is 0.308. The first-order valence-electron chi connectivity index (χ1n) is 5.82. The van der Waals surface area contributed by atoms with Gasteiger partial charge in [-0.25, -0.2) is 4.98 Å². The van der Waals surface area contributed by atoms with Crippen LogP contribution < -0.4 is 10.9 Å². The van der Waals surface area contributed by atoms with Crippen LogP contribution in [0.25, 0.3) is 0 Å². The van der Waals surface area contributed by atoms with Gasteiger partial charge in [0.25, 0.3) is 5.56 Å². The Kier molecular flexibility index (Phi) is 3.41. The highest BCUT2D eigenvalue weighted by Crippen LogP contribution is 2.17. The number of H-pyrrole nitrogens is 1. The number of aromatic amines is 1. The third-order valence-corrected chi connectivity index (χ3v) is 2.74. The summed E-state index contributed by atoms with van der Waals surface area (Å²) >= 11 is 0. The molecule has 0 fully saturated rings. The third kappa shape index (κ3) is 2.56. The molecule has 0 amide bonds. The fourth-order valence-electron chi connectivity index (χ4n) is 2.02. The number of nitrogens with one attached hydrogen (secondary N) is 2. The second-order valence-electron chi connectivity index (χ2n) is 4.26. The molecule has 0 saturated carbocycles. The molecule has 1 unspecified atom stereocenters. The topological polar surface area (TPSA) is 70.7 Å². The molecule has 94 valence electrons. The third-order valence-electron chi connectivity index (χ3n) is 2.74. The van der Waals surface area contributed by atoms with Gasteiger partial charge in [0.2, 0.25) is 0 Å². The zero-order valence-electron chi connectivity index (χ0n) is 10.7. The van der Waals surface area contributed by atoms with Gasteiger partial charge in [0.05, 0.1) is 23.0 Å². The highest BCUT2D eigenvalue weighted by molar-refractivity contribution is 5.42. The summed E-state index contributed by atoms with van der Waals surface area (Å²) in [5.41, 5.74) is 2.19. The lowest BCUT2D eigenvalue weighted by Gasteiger charge is -2.16. The van der Waals surface area contributed by atoms with Gasteiger partial charge in [0.1, 0.15) is 5.82 Å². The monoisotopic (exact) mass is 244 g/mol. The van der Waals surface area contributed by atoms with E-state index in [0.29, 0.717) is 11.4 Å². The normalized spacial score (nSPS) is 12.2. The van der Waals surface area contributed by atoms with Crippen LogP contribution in [0.4, 0.5) is 5.69 Å². The number of nitrogens with zero attached hydrogens (tertiary/aromatic N) is 2. The van der Waals surface area contributed by atoms with Crippen molar-refractivity contribution in [3.63, 3.8) is 0 Å². The van der Waals surface area contributed by atoms with Gasteiger partial charge >= 0.3 is 0 Å². The molecule has 2 aromatic rings. The zero-order chi connectivity index (χ0) is 13.1. The van der Waals surface area contributed by atoms with E-state index in [1.807, 2.05) is 26.0 Å². The Morgan fingerprint density at radius 3 is 2.78 bits per heavy atom. The van der Waals surface area contributed by atoms with E-state index < -0.39 is 0 Å². The van der Waals surface area contributed by atoms with E-state index in [9.17, 15) is 4.79 Å². The average molecular weight is 244 g/mol. The van der Waals surface area contributed by atoms with Gasteiger partial charge in [-0.05, 0) is 32.9 Å². The average Bonchev–Trinajstić information content (AvgIpc) is 2.28. The van der Waals surface area contributed by atoms with Gasteiger partial charge in [-0.15, -0.1) is 0 Å². The molecule has 2 rings (SSSR count). The number of pyridine rings is 1. The number of aryl methyl sites for hydroxylation is 2. The van der Waals surface area contributed by atoms with E-state index in [1.54, 1.807) is 19.3 Å². The highest BCUT2D eigenvalue weighted by Gasteiger charge is 2.14. The largest absolute Gasteiger partial charge is 0.377 e. The first-order chi connectivity index (χ1) is 8.58. The minimum Gasteiger partial charge on any atom is -0.377 e. The minimum atomic E-state index is -0.119. The summed E-state index contributed by atoms with van der Waals surface area (Å²) in [6.07, 6.45) is 3.43. The molecular formula is C13H16N4O. The van der Waals surface area contributed by atoms with Crippen LogP contribution in [-0.4, -0.2) is 15.0 Å². The molecule has 5 heteroatoms. The summed E-state index contributed by atoms with van der Waals surface area (Å²) in [5.74, 6) is 0.634. The number of aromatic nitrogens is 3. The van der Waals surface area contributed by atoms with Gasteiger partial charge < -0.3 is 10.3 Å². The summed E-state index contributed by atoms with van der Waals surface area (Å²) in [4.78, 5) is 23.0. The summed E-state index contributed by atoms with van der Waals surface area (Å²) in [7, 11) is 0. The van der Waals surface area contributed by atoms with Crippen LogP contribution >= 0.6 is 0 Å². The molecule has 0 aliphatic heterocycles. The molecule has 0 spiro atoms. The van der Waals surface area contributed by atoms with Gasteiger partial charge in [0.15, 0.2) is 0 Å². The molecular weight excluding hydrogens is 228 g/mol. The molecule has 0 bridgehead atoms. The smallest absolute Gasteiger partial charge is 0.256 e. The summed E-state index contributed by atoms with van der Waals surface area (Å²) in [5, 5.41) is 3.24. The summed E-state index contributed by atoms with van der Waals surface area (Å²) in [6.45, 7) is 5.55. The van der Waals surface area contributed by atoms with E-state index >= 15 is 0 Å². The Bertz CT molecular complexity index is 592. The maximum absolute atomic E-state index is 11.9. The van der Waals surface area contributed by atoms with Crippen LogP contribution in [0.2, 0.25) is 0 Å². The Morgan fingerprint density at radius 1 is 1.39 bits per heavy atom. The molecule has 0 saturated heterocycles. The van der Waals surface area contributed by atoms with Crippen molar-refractivity contribution < 1.29 is 0 Å². The standard InChI is InChI=1S/C13H16N4O/c1-8-12(13(18)17-10(3)15-8)9(2)16-11-5-4-6-14-7-11/h4-7,9,16H,1-3H3,(H,15,17,18). The van der Waals surface area contributed by atoms with Crippen LogP contribution in [0.5, 0.6) is 0 Å². The Hall–Kier alpha value is -2.17. The highest BCUT2D eigenvalue weighted by atomic mass is 16.1. The molecule has 0 aliphatic carbocycles. The second kappa shape index (κ2) is 5.00. The van der Waals surface area contributed by atoms with Crippen molar-refractivity contribution in [3.05, 3.63) is 52.0 Å². The Balaban J connectivity index is 2.30. The van der Waals surface area contributed by atoms with Crippen LogP contribution in [0.1, 0.15) is 30.0 Å². The predicted octanol–water partition coefficient (Wildman–Crippen LogP) is 1.95. The van der Waals surface area contributed by atoms with Gasteiger partial charge in [-0.1, -0.05) is 0 Å². The van der Waals surface area contributed by atoms with Crippen molar-refractivity contribution in [3.8, 4) is 0 Å². The molecule has 2 aromatic heterocycles. The lowest BCUT2D eigenvalue weighted by Crippen LogP contribution is -2.23. The second-order valence-corrected chi connectivity index (χ2v) is 4.26. The maximum atomic E-state index is 11.9. The van der Waals surface area contributed by atoms with Crippen LogP contribution in [0.15, 0.2) is 29.3 Å². The Labute approximate surface area is 105 Å². The molecule has 0 radical (unpaired) electrons. The lowest BCUT2D eigenvalue weighted by molar-refractivity contribution is 0.813. The van der Waals surface area contributed by atoms with E-state index in [0.717, 1.165) is 11.4 Å². The molecule has 0 aromatic carbocycles. The fourth-order valence-corrected chi connectivity index (χ4v) is 2.02. The van der Waals surface area contributed by atoms with Crippen molar-refractivity contribution >= 4 is 5.69 Å². The zero-order valence-corrected chi connectivity index (χ0v) is 10.7. The molecule has 5 nitrogen and oxygen atoms in total. The predicted molar refractivity (Wildman–Crippen MR) is 70.6 cm³/mol. The first-order valence-corrected chi connectivity index (χ1v) is 5.82. The number of hydrogen-bond donors (Lipinski definition) is 2. The Morgan fingerprint density at radius 2 is 2.17 bits per heavy atom. The van der Waals surface area contributed by atoms with E-state index in [4.69, 9.17) is 0 Å². The van der Waals surface area contributed by atoms with Crippen molar-refractivity contribution in [2.45, 2.75) is 26.8 Å². The van der Waals surface area contributed by atoms with Gasteiger partial charge in [0, 0.05) is 12.4 Å². The van der Waals surface area contributed by atoms with E-state index in [-0.39, 0.29) is 11.6 Å². The van der Waals surface area contributed by atoms with Crippen LogP contribution in [0, 0.1) is 13.8 Å². The van der Waals surface area contributed by atoms with Crippen molar-refractivity contribution in [2.24, 2.45) is 0 Å². The van der Waals surface area contributed by atoms with Gasteiger partial charge in [-0.3, -0.25) is 9.78 Å². The SMILES string of the molecule is Cc1nc(C)c(C(C)Nc2cccnc2)c(=O)[nH]1. The van der Waals surface area contributed by atoms with Crippen molar-refractivity contribution in [1.82, 2.24) is 15.0 Å².